The molecule has 5 rings (SSSR count). The largest absolute Gasteiger partial charge is 0.467 e. The summed E-state index contributed by atoms with van der Waals surface area (Å²) >= 11 is 7.70. The van der Waals surface area contributed by atoms with Crippen LogP contribution in [0.25, 0.3) is 10.2 Å². The first-order valence-electron chi connectivity index (χ1n) is 10.9. The second kappa shape index (κ2) is 8.71. The summed E-state index contributed by atoms with van der Waals surface area (Å²) in [7, 11) is 0. The van der Waals surface area contributed by atoms with Gasteiger partial charge in [0.05, 0.1) is 15.6 Å². The minimum Gasteiger partial charge on any atom is -0.467 e. The Hall–Kier alpha value is -2.64. The molecule has 0 aliphatic carbocycles. The predicted molar refractivity (Wildman–Crippen MR) is 126 cm³/mol. The summed E-state index contributed by atoms with van der Waals surface area (Å²) in [5.74, 6) is -0.203. The second-order valence-corrected chi connectivity index (χ2v) is 9.85. The molecule has 0 radical (unpaired) electrons. The highest BCUT2D eigenvalue weighted by molar-refractivity contribution is 7.20. The van der Waals surface area contributed by atoms with Crippen molar-refractivity contribution in [2.75, 3.05) is 24.5 Å². The summed E-state index contributed by atoms with van der Waals surface area (Å²) in [4.78, 5) is 33.7. The molecule has 6 nitrogen and oxygen atoms in total. The quantitative estimate of drug-likeness (QED) is 0.556. The van der Waals surface area contributed by atoms with Gasteiger partial charge in [-0.2, -0.15) is 0 Å². The number of fused-ring (bicyclic) bond motifs is 1. The van der Waals surface area contributed by atoms with E-state index in [1.54, 1.807) is 4.90 Å². The molecule has 1 unspecified atom stereocenters. The van der Waals surface area contributed by atoms with Gasteiger partial charge in [-0.1, -0.05) is 46.7 Å². The van der Waals surface area contributed by atoms with Crippen molar-refractivity contribution in [2.24, 2.45) is 5.92 Å². The number of hydrogen-bond donors (Lipinski definition) is 0. The number of nitrogens with zero attached hydrogens (tertiary/aromatic N) is 3. The van der Waals surface area contributed by atoms with Gasteiger partial charge in [0.2, 0.25) is 11.8 Å². The van der Waals surface area contributed by atoms with Gasteiger partial charge < -0.3 is 14.5 Å². The highest BCUT2D eigenvalue weighted by Gasteiger charge is 2.38. The molecule has 1 atom stereocenters. The van der Waals surface area contributed by atoms with Crippen molar-refractivity contribution in [1.29, 1.82) is 0 Å². The zero-order chi connectivity index (χ0) is 22.2. The summed E-state index contributed by atoms with van der Waals surface area (Å²) in [5, 5.41) is 1.24. The van der Waals surface area contributed by atoms with E-state index >= 15 is 0 Å². The van der Waals surface area contributed by atoms with Crippen LogP contribution in [0, 0.1) is 12.8 Å². The lowest BCUT2D eigenvalue weighted by Gasteiger charge is -2.33. The first-order valence-corrected chi connectivity index (χ1v) is 12.0. The Morgan fingerprint density at radius 1 is 1.16 bits per heavy atom. The maximum Gasteiger partial charge on any atom is 0.274 e. The molecule has 0 bridgehead atoms. The number of para-hydroxylation sites is 1. The molecule has 3 aromatic rings. The van der Waals surface area contributed by atoms with Crippen molar-refractivity contribution in [3.8, 4) is 5.19 Å². The van der Waals surface area contributed by atoms with E-state index in [1.165, 1.54) is 11.3 Å². The van der Waals surface area contributed by atoms with Gasteiger partial charge >= 0.3 is 0 Å². The molecule has 2 saturated heterocycles. The van der Waals surface area contributed by atoms with E-state index in [0.717, 1.165) is 34.3 Å². The lowest BCUT2D eigenvalue weighted by atomic mass is 10.0. The number of thiazole rings is 1. The van der Waals surface area contributed by atoms with Crippen molar-refractivity contribution in [2.45, 2.75) is 32.3 Å². The van der Waals surface area contributed by atoms with Crippen LogP contribution in [0.3, 0.4) is 0 Å². The van der Waals surface area contributed by atoms with Gasteiger partial charge in [0.15, 0.2) is 0 Å². The third-order valence-electron chi connectivity index (χ3n) is 6.19. The van der Waals surface area contributed by atoms with Gasteiger partial charge in [0, 0.05) is 44.6 Å². The van der Waals surface area contributed by atoms with E-state index in [-0.39, 0.29) is 30.3 Å². The number of aryl methyl sites for hydroxylation is 1. The van der Waals surface area contributed by atoms with Crippen LogP contribution in [0.2, 0.25) is 5.02 Å². The molecule has 0 spiro atoms. The third kappa shape index (κ3) is 4.19. The van der Waals surface area contributed by atoms with E-state index in [2.05, 4.69) is 4.98 Å². The third-order valence-corrected chi connectivity index (χ3v) is 7.41. The molecular formula is C24H24ClN3O3S. The molecule has 0 N–H and O–H groups in total. The molecule has 32 heavy (non-hydrogen) atoms. The minimum absolute atomic E-state index is 0.0138. The Bertz CT molecular complexity index is 1160. The highest BCUT2D eigenvalue weighted by atomic mass is 35.5. The van der Waals surface area contributed by atoms with Crippen LogP contribution in [-0.4, -0.2) is 47.4 Å². The first kappa shape index (κ1) is 21.2. The second-order valence-electron chi connectivity index (χ2n) is 8.45. The summed E-state index contributed by atoms with van der Waals surface area (Å²) in [6.45, 7) is 3.72. The molecular weight excluding hydrogens is 446 g/mol. The SMILES string of the molecule is Cc1ccc(N2CC(C(=O)N3CCC(Oc4nc5c(Cl)cccc5s4)CC3)CC2=O)cc1. The van der Waals surface area contributed by atoms with Gasteiger partial charge in [-0.15, -0.1) is 0 Å². The molecule has 2 aliphatic rings. The Balaban J connectivity index is 1.17. The topological polar surface area (TPSA) is 62.7 Å². The van der Waals surface area contributed by atoms with Crippen molar-refractivity contribution in [1.82, 2.24) is 9.88 Å². The van der Waals surface area contributed by atoms with Crippen molar-refractivity contribution >= 4 is 50.7 Å². The average molecular weight is 470 g/mol. The minimum atomic E-state index is -0.285. The fraction of sp³-hybridized carbons (Fsp3) is 0.375. The van der Waals surface area contributed by atoms with E-state index in [0.29, 0.717) is 29.9 Å². The van der Waals surface area contributed by atoms with Gasteiger partial charge in [0.1, 0.15) is 11.6 Å². The molecule has 166 valence electrons. The van der Waals surface area contributed by atoms with Gasteiger partial charge in [-0.25, -0.2) is 4.98 Å². The van der Waals surface area contributed by atoms with E-state index in [1.807, 2.05) is 54.3 Å². The zero-order valence-corrected chi connectivity index (χ0v) is 19.4. The van der Waals surface area contributed by atoms with Crippen molar-refractivity contribution in [3.05, 3.63) is 53.1 Å². The molecule has 2 amide bonds. The molecule has 0 saturated carbocycles. The molecule has 3 heterocycles. The van der Waals surface area contributed by atoms with Crippen LogP contribution in [0.15, 0.2) is 42.5 Å². The number of ether oxygens (including phenoxy) is 1. The number of hydrogen-bond acceptors (Lipinski definition) is 5. The predicted octanol–water partition coefficient (Wildman–Crippen LogP) is 4.68. The summed E-state index contributed by atoms with van der Waals surface area (Å²) < 4.78 is 7.10. The number of halogens is 1. The van der Waals surface area contributed by atoms with Crippen LogP contribution >= 0.6 is 22.9 Å². The van der Waals surface area contributed by atoms with Gasteiger partial charge in [0.25, 0.3) is 5.19 Å². The van der Waals surface area contributed by atoms with Crippen LogP contribution in [0.5, 0.6) is 5.19 Å². The smallest absolute Gasteiger partial charge is 0.274 e. The van der Waals surface area contributed by atoms with Gasteiger partial charge in [-0.3, -0.25) is 9.59 Å². The van der Waals surface area contributed by atoms with Gasteiger partial charge in [-0.05, 0) is 31.2 Å². The fourth-order valence-corrected chi connectivity index (χ4v) is 5.57. The molecule has 1 aromatic heterocycles. The first-order chi connectivity index (χ1) is 15.5. The van der Waals surface area contributed by atoms with E-state index in [4.69, 9.17) is 16.3 Å². The molecule has 8 heteroatoms. The number of piperidine rings is 1. The number of carbonyl (C=O) groups is 2. The van der Waals surface area contributed by atoms with E-state index in [9.17, 15) is 9.59 Å². The van der Waals surface area contributed by atoms with Crippen LogP contribution < -0.4 is 9.64 Å². The Morgan fingerprint density at radius 3 is 2.62 bits per heavy atom. The monoisotopic (exact) mass is 469 g/mol. The number of rotatable bonds is 4. The number of likely N-dealkylation sites (tertiary alicyclic amines) is 1. The van der Waals surface area contributed by atoms with Crippen LogP contribution in [0.4, 0.5) is 5.69 Å². The van der Waals surface area contributed by atoms with Crippen molar-refractivity contribution in [3.63, 3.8) is 0 Å². The van der Waals surface area contributed by atoms with Crippen molar-refractivity contribution < 1.29 is 14.3 Å². The Labute approximate surface area is 195 Å². The fourth-order valence-electron chi connectivity index (χ4n) is 4.39. The van der Waals surface area contributed by atoms with E-state index < -0.39 is 0 Å². The molecule has 2 aliphatic heterocycles. The average Bonchev–Trinajstić information content (AvgIpc) is 3.38. The Morgan fingerprint density at radius 2 is 1.91 bits per heavy atom. The number of carbonyl (C=O) groups excluding carboxylic acids is 2. The molecule has 2 fully saturated rings. The summed E-state index contributed by atoms with van der Waals surface area (Å²) in [5.41, 5.74) is 2.77. The summed E-state index contributed by atoms with van der Waals surface area (Å²) in [6.07, 6.45) is 1.79. The molecule has 2 aromatic carbocycles. The maximum absolute atomic E-state index is 13.1. The highest BCUT2D eigenvalue weighted by Crippen LogP contribution is 2.34. The standard InChI is InChI=1S/C24H24ClN3O3S/c1-15-5-7-17(8-6-15)28-14-16(13-21(28)29)23(30)27-11-9-18(10-12-27)31-24-26-22-19(25)3-2-4-20(22)32-24/h2-8,16,18H,9-14H2,1H3. The number of benzene rings is 2. The number of anilines is 1. The normalized spacial score (nSPS) is 19.7. The lowest BCUT2D eigenvalue weighted by molar-refractivity contribution is -0.137. The summed E-state index contributed by atoms with van der Waals surface area (Å²) in [6, 6.07) is 13.6. The Kier molecular flexibility index (Phi) is 5.78. The number of aromatic nitrogens is 1. The van der Waals surface area contributed by atoms with Crippen LogP contribution in [0.1, 0.15) is 24.8 Å². The maximum atomic E-state index is 13.1. The number of amides is 2. The lowest BCUT2D eigenvalue weighted by Crippen LogP contribution is -2.44. The van der Waals surface area contributed by atoms with Crippen LogP contribution in [-0.2, 0) is 9.59 Å². The zero-order valence-electron chi connectivity index (χ0n) is 17.8.